The highest BCUT2D eigenvalue weighted by molar-refractivity contribution is 6.30. The number of hydrogen-bond donors (Lipinski definition) is 0. The van der Waals surface area contributed by atoms with Gasteiger partial charge in [0.2, 0.25) is 0 Å². The molecule has 1 aromatic heterocycles. The Balaban J connectivity index is 1.28. The largest absolute Gasteiger partial charge is 0.367 e. The van der Waals surface area contributed by atoms with E-state index in [1.165, 1.54) is 40.7 Å². The third kappa shape index (κ3) is 3.92. The van der Waals surface area contributed by atoms with Crippen LogP contribution in [0.1, 0.15) is 24.1 Å². The molecule has 0 bridgehead atoms. The number of aryl methyl sites for hydroxylation is 1. The molecule has 1 aliphatic heterocycles. The smallest absolute Gasteiger partial charge is 0.116 e. The van der Waals surface area contributed by atoms with Crippen molar-refractivity contribution in [1.82, 2.24) is 19.6 Å². The summed E-state index contributed by atoms with van der Waals surface area (Å²) in [5, 5.41) is 7.00. The van der Waals surface area contributed by atoms with Crippen molar-refractivity contribution < 1.29 is 0 Å². The Bertz CT molecular complexity index is 1040. The third-order valence-corrected chi connectivity index (χ3v) is 6.39. The van der Waals surface area contributed by atoms with Crippen molar-refractivity contribution in [3.05, 3.63) is 70.4 Å². The zero-order valence-electron chi connectivity index (χ0n) is 16.9. The van der Waals surface area contributed by atoms with Crippen LogP contribution in [0.4, 0.5) is 0 Å². The van der Waals surface area contributed by atoms with Crippen LogP contribution in [0.3, 0.4) is 0 Å². The third-order valence-electron chi connectivity index (χ3n) is 6.14. The number of fused-ring (bicyclic) bond motifs is 1. The van der Waals surface area contributed by atoms with E-state index in [9.17, 15) is 0 Å². The van der Waals surface area contributed by atoms with Crippen LogP contribution < -0.4 is 0 Å². The van der Waals surface area contributed by atoms with E-state index in [4.69, 9.17) is 16.7 Å². The fourth-order valence-electron chi connectivity index (χ4n) is 4.36. The van der Waals surface area contributed by atoms with Crippen molar-refractivity contribution in [1.29, 1.82) is 0 Å². The van der Waals surface area contributed by atoms with E-state index in [1.54, 1.807) is 5.57 Å². The van der Waals surface area contributed by atoms with E-state index in [2.05, 4.69) is 53.2 Å². The molecular formula is C24H27ClN4. The standard InChI is InChI=1S/C24H27ClN4/c1-27-22-5-3-2-4-21(22)23(26-27)24(19-8-9-19)29-16-14-28(15-17-29)13-12-18-6-10-20(25)11-7-18/h2-7,10-11H,8-9,12-17H2,1H3. The molecule has 0 radical (unpaired) electrons. The SMILES string of the molecule is Cn1nc(C(=C2CC2)N2CCN(CCc3ccc(Cl)cc3)CC2)c2ccccc21. The van der Waals surface area contributed by atoms with E-state index < -0.39 is 0 Å². The normalized spacial score (nSPS) is 17.2. The molecule has 1 saturated carbocycles. The van der Waals surface area contributed by atoms with Crippen molar-refractivity contribution in [2.45, 2.75) is 19.3 Å². The maximum absolute atomic E-state index is 6.00. The highest BCUT2D eigenvalue weighted by Crippen LogP contribution is 2.40. The van der Waals surface area contributed by atoms with Gasteiger partial charge in [0.15, 0.2) is 0 Å². The van der Waals surface area contributed by atoms with Crippen LogP contribution in [0.25, 0.3) is 16.6 Å². The molecule has 0 amide bonds. The van der Waals surface area contributed by atoms with Gasteiger partial charge in [-0.2, -0.15) is 5.10 Å². The van der Waals surface area contributed by atoms with Crippen LogP contribution in [0.2, 0.25) is 5.02 Å². The number of aromatic nitrogens is 2. The molecule has 0 N–H and O–H groups in total. The Kier molecular flexibility index (Phi) is 5.06. The molecule has 3 aromatic rings. The molecule has 150 valence electrons. The summed E-state index contributed by atoms with van der Waals surface area (Å²) in [6, 6.07) is 16.8. The van der Waals surface area contributed by atoms with Crippen LogP contribution in [0, 0.1) is 0 Å². The molecule has 1 saturated heterocycles. The lowest BCUT2D eigenvalue weighted by atomic mass is 10.1. The monoisotopic (exact) mass is 406 g/mol. The highest BCUT2D eigenvalue weighted by atomic mass is 35.5. The molecule has 5 rings (SSSR count). The van der Waals surface area contributed by atoms with E-state index in [0.29, 0.717) is 0 Å². The van der Waals surface area contributed by atoms with E-state index in [0.717, 1.165) is 44.2 Å². The summed E-state index contributed by atoms with van der Waals surface area (Å²) in [6.07, 6.45) is 3.52. The Labute approximate surface area is 177 Å². The second kappa shape index (κ2) is 7.85. The fourth-order valence-corrected chi connectivity index (χ4v) is 4.49. The number of hydrogen-bond acceptors (Lipinski definition) is 3. The minimum Gasteiger partial charge on any atom is -0.367 e. The average molecular weight is 407 g/mol. The molecule has 29 heavy (non-hydrogen) atoms. The van der Waals surface area contributed by atoms with Gasteiger partial charge in [0, 0.05) is 50.2 Å². The summed E-state index contributed by atoms with van der Waals surface area (Å²) in [5.41, 5.74) is 6.72. The lowest BCUT2D eigenvalue weighted by Gasteiger charge is -2.37. The number of allylic oxidation sites excluding steroid dienone is 1. The number of rotatable bonds is 5. The first-order chi connectivity index (χ1) is 14.2. The summed E-state index contributed by atoms with van der Waals surface area (Å²) < 4.78 is 2.02. The van der Waals surface area contributed by atoms with Gasteiger partial charge in [-0.1, -0.05) is 41.9 Å². The first-order valence-electron chi connectivity index (χ1n) is 10.5. The van der Waals surface area contributed by atoms with Gasteiger partial charge in [0.1, 0.15) is 5.69 Å². The van der Waals surface area contributed by atoms with Gasteiger partial charge in [-0.05, 0) is 48.6 Å². The van der Waals surface area contributed by atoms with Crippen molar-refractivity contribution in [2.24, 2.45) is 7.05 Å². The summed E-state index contributed by atoms with van der Waals surface area (Å²) in [7, 11) is 2.05. The second-order valence-corrected chi connectivity index (χ2v) is 8.58. The molecule has 0 unspecified atom stereocenters. The van der Waals surface area contributed by atoms with Gasteiger partial charge in [-0.3, -0.25) is 9.58 Å². The number of nitrogens with zero attached hydrogens (tertiary/aromatic N) is 4. The van der Waals surface area contributed by atoms with Gasteiger partial charge in [0.05, 0.1) is 11.2 Å². The number of benzene rings is 2. The van der Waals surface area contributed by atoms with Crippen LogP contribution in [0.15, 0.2) is 54.1 Å². The molecule has 1 aliphatic carbocycles. The first kappa shape index (κ1) is 18.7. The zero-order valence-corrected chi connectivity index (χ0v) is 17.7. The van der Waals surface area contributed by atoms with Gasteiger partial charge in [-0.25, -0.2) is 0 Å². The van der Waals surface area contributed by atoms with Crippen LogP contribution in [-0.4, -0.2) is 52.3 Å². The summed E-state index contributed by atoms with van der Waals surface area (Å²) in [6.45, 7) is 5.47. The van der Waals surface area contributed by atoms with Crippen molar-refractivity contribution in [3.8, 4) is 0 Å². The molecule has 5 heteroatoms. The Morgan fingerprint density at radius 2 is 1.69 bits per heavy atom. The van der Waals surface area contributed by atoms with Gasteiger partial charge in [0.25, 0.3) is 0 Å². The van der Waals surface area contributed by atoms with Crippen molar-refractivity contribution in [3.63, 3.8) is 0 Å². The zero-order chi connectivity index (χ0) is 19.8. The topological polar surface area (TPSA) is 24.3 Å². The predicted molar refractivity (Wildman–Crippen MR) is 120 cm³/mol. The minimum absolute atomic E-state index is 0.810. The van der Waals surface area contributed by atoms with Crippen molar-refractivity contribution in [2.75, 3.05) is 32.7 Å². The fraction of sp³-hybridized carbons (Fsp3) is 0.375. The second-order valence-electron chi connectivity index (χ2n) is 8.15. The maximum atomic E-state index is 6.00. The number of halogens is 1. The lowest BCUT2D eigenvalue weighted by Crippen LogP contribution is -2.46. The highest BCUT2D eigenvalue weighted by Gasteiger charge is 2.29. The molecule has 0 atom stereocenters. The number of piperazine rings is 1. The van der Waals surface area contributed by atoms with E-state index >= 15 is 0 Å². The first-order valence-corrected chi connectivity index (χ1v) is 10.9. The Morgan fingerprint density at radius 1 is 0.966 bits per heavy atom. The predicted octanol–water partition coefficient (Wildman–Crippen LogP) is 4.59. The summed E-state index contributed by atoms with van der Waals surface area (Å²) >= 11 is 6.00. The summed E-state index contributed by atoms with van der Waals surface area (Å²) in [5.74, 6) is 0. The van der Waals surface area contributed by atoms with Crippen LogP contribution in [-0.2, 0) is 13.5 Å². The molecule has 2 aliphatic rings. The Hall–Kier alpha value is -2.30. The molecule has 2 aromatic carbocycles. The number of para-hydroxylation sites is 1. The maximum Gasteiger partial charge on any atom is 0.116 e. The molecule has 2 fully saturated rings. The lowest BCUT2D eigenvalue weighted by molar-refractivity contribution is 0.177. The minimum atomic E-state index is 0.810. The molecule has 4 nitrogen and oxygen atoms in total. The van der Waals surface area contributed by atoms with Gasteiger partial charge >= 0.3 is 0 Å². The van der Waals surface area contributed by atoms with E-state index in [1.807, 2.05) is 16.8 Å². The van der Waals surface area contributed by atoms with Gasteiger partial charge in [-0.15, -0.1) is 0 Å². The summed E-state index contributed by atoms with van der Waals surface area (Å²) in [4.78, 5) is 5.16. The average Bonchev–Trinajstić information content (AvgIpc) is 3.53. The van der Waals surface area contributed by atoms with Crippen LogP contribution in [0.5, 0.6) is 0 Å². The van der Waals surface area contributed by atoms with E-state index in [-0.39, 0.29) is 0 Å². The molecule has 0 spiro atoms. The van der Waals surface area contributed by atoms with Crippen LogP contribution >= 0.6 is 11.6 Å². The molecular weight excluding hydrogens is 380 g/mol. The Morgan fingerprint density at radius 3 is 2.41 bits per heavy atom. The quantitative estimate of drug-likeness (QED) is 0.619. The van der Waals surface area contributed by atoms with Gasteiger partial charge < -0.3 is 4.90 Å². The van der Waals surface area contributed by atoms with Crippen molar-refractivity contribution >= 4 is 28.2 Å². The molecule has 2 heterocycles.